The molecule has 0 aromatic heterocycles. The van der Waals surface area contributed by atoms with Crippen molar-refractivity contribution in [3.8, 4) is 22.9 Å². The molecular formula is C38H65BFN2O4. The standard InChI is InChI=1S/C15H13FO2.C12H26BO.C4H10.C3H4N2O.2C2H6/c1-10-3-4-13(8-14(10)16)12-5-6-15(18-9-17)11(2)7-12;1-5-11(3)8-7-9-13-10-12(4)14-6-2;1-3-4-2;4-1-2-5-3-6;2*1-2/h3-9H,1-2H3;11-12H,5-10H2,1-4H3;3-4H2,1-2H3;3H,2H2,(H,5,6);2*1-2H3. The number of nitriles is 1. The summed E-state index contributed by atoms with van der Waals surface area (Å²) in [6.45, 7) is 26.1. The van der Waals surface area contributed by atoms with Crippen molar-refractivity contribution in [2.24, 2.45) is 5.92 Å². The van der Waals surface area contributed by atoms with E-state index in [0.717, 1.165) is 35.5 Å². The molecular weight excluding hydrogens is 578 g/mol. The summed E-state index contributed by atoms with van der Waals surface area (Å²) in [6.07, 6.45) is 9.92. The lowest BCUT2D eigenvalue weighted by atomic mass is 9.67. The van der Waals surface area contributed by atoms with Gasteiger partial charge in [-0.3, -0.25) is 9.59 Å². The van der Waals surface area contributed by atoms with Crippen LogP contribution in [0.3, 0.4) is 0 Å². The molecule has 2 aromatic carbocycles. The zero-order chi connectivity index (χ0) is 36.2. The molecule has 8 heteroatoms. The van der Waals surface area contributed by atoms with E-state index >= 15 is 0 Å². The van der Waals surface area contributed by atoms with Crippen LogP contribution < -0.4 is 10.1 Å². The fourth-order valence-electron chi connectivity index (χ4n) is 3.39. The van der Waals surface area contributed by atoms with Crippen molar-refractivity contribution in [3.63, 3.8) is 0 Å². The first-order valence-corrected chi connectivity index (χ1v) is 17.1. The molecule has 0 spiro atoms. The van der Waals surface area contributed by atoms with E-state index in [0.29, 0.717) is 30.3 Å². The molecule has 2 atom stereocenters. The Hall–Kier alpha value is -3.18. The lowest BCUT2D eigenvalue weighted by Crippen LogP contribution is -2.10. The van der Waals surface area contributed by atoms with Crippen LogP contribution in [0.5, 0.6) is 5.75 Å². The number of benzene rings is 2. The van der Waals surface area contributed by atoms with E-state index in [1.54, 1.807) is 31.2 Å². The van der Waals surface area contributed by atoms with Gasteiger partial charge < -0.3 is 14.8 Å². The highest BCUT2D eigenvalue weighted by atomic mass is 19.1. The van der Waals surface area contributed by atoms with Gasteiger partial charge in [-0.1, -0.05) is 118 Å². The van der Waals surface area contributed by atoms with Crippen molar-refractivity contribution >= 4 is 20.2 Å². The number of unbranched alkanes of at least 4 members (excludes halogenated alkanes) is 1. The zero-order valence-electron chi connectivity index (χ0n) is 31.2. The van der Waals surface area contributed by atoms with Crippen LogP contribution >= 0.6 is 0 Å². The van der Waals surface area contributed by atoms with Crippen LogP contribution in [0.4, 0.5) is 4.39 Å². The molecule has 46 heavy (non-hydrogen) atoms. The van der Waals surface area contributed by atoms with Gasteiger partial charge in [-0.2, -0.15) is 5.26 Å². The molecule has 1 amide bonds. The Morgan fingerprint density at radius 3 is 1.96 bits per heavy atom. The summed E-state index contributed by atoms with van der Waals surface area (Å²) in [5, 5.41) is 9.88. The minimum atomic E-state index is -0.224. The number of ether oxygens (including phenoxy) is 2. The monoisotopic (exact) mass is 644 g/mol. The molecule has 1 N–H and O–H groups in total. The number of carbonyl (C=O) groups is 2. The lowest BCUT2D eigenvalue weighted by Gasteiger charge is -2.11. The van der Waals surface area contributed by atoms with Crippen LogP contribution in [0.1, 0.15) is 112 Å². The van der Waals surface area contributed by atoms with Crippen molar-refractivity contribution in [2.75, 3.05) is 13.2 Å². The van der Waals surface area contributed by atoms with Crippen LogP contribution in [-0.2, 0) is 14.3 Å². The molecule has 0 aliphatic heterocycles. The lowest BCUT2D eigenvalue weighted by molar-refractivity contribution is -0.120. The number of halogens is 1. The van der Waals surface area contributed by atoms with E-state index in [-0.39, 0.29) is 12.4 Å². The summed E-state index contributed by atoms with van der Waals surface area (Å²) >= 11 is 0. The zero-order valence-corrected chi connectivity index (χ0v) is 31.2. The van der Waals surface area contributed by atoms with Gasteiger partial charge >= 0.3 is 0 Å². The molecule has 0 saturated carbocycles. The van der Waals surface area contributed by atoms with Gasteiger partial charge in [0.15, 0.2) is 0 Å². The minimum Gasteiger partial charge on any atom is -0.428 e. The number of hydrogen-bond donors (Lipinski definition) is 1. The molecule has 261 valence electrons. The molecule has 2 aromatic rings. The Balaban J connectivity index is -0.000000279. The summed E-state index contributed by atoms with van der Waals surface area (Å²) in [5.41, 5.74) is 3.15. The van der Waals surface area contributed by atoms with Crippen molar-refractivity contribution < 1.29 is 23.5 Å². The summed E-state index contributed by atoms with van der Waals surface area (Å²) in [7, 11) is 2.38. The smallest absolute Gasteiger partial charge is 0.298 e. The fourth-order valence-corrected chi connectivity index (χ4v) is 3.39. The van der Waals surface area contributed by atoms with Gasteiger partial charge in [-0.25, -0.2) is 4.39 Å². The molecule has 1 radical (unpaired) electrons. The molecule has 0 aliphatic carbocycles. The van der Waals surface area contributed by atoms with E-state index in [4.69, 9.17) is 14.7 Å². The second-order valence-electron chi connectivity index (χ2n) is 10.0. The van der Waals surface area contributed by atoms with Crippen LogP contribution in [0.25, 0.3) is 11.1 Å². The molecule has 2 rings (SSSR count). The SMILES string of the molecule is CC.CC.CCCC.CCOC(C)C[B]CCCC(C)CC.Cc1ccc(-c2ccc(OC=O)c(C)c2)cc1F.N#CCNC=O. The topological polar surface area (TPSA) is 88.4 Å². The highest BCUT2D eigenvalue weighted by Crippen LogP contribution is 2.27. The highest BCUT2D eigenvalue weighted by molar-refractivity contribution is 6.35. The van der Waals surface area contributed by atoms with Crippen molar-refractivity contribution in [3.05, 3.63) is 53.3 Å². The van der Waals surface area contributed by atoms with Crippen LogP contribution in [0, 0.1) is 36.9 Å². The van der Waals surface area contributed by atoms with E-state index in [1.807, 2.05) is 46.8 Å². The third-order valence-corrected chi connectivity index (χ3v) is 6.37. The maximum absolute atomic E-state index is 13.5. The summed E-state index contributed by atoms with van der Waals surface area (Å²) in [5.74, 6) is 1.19. The van der Waals surface area contributed by atoms with Gasteiger partial charge in [-0.15, -0.1) is 0 Å². The highest BCUT2D eigenvalue weighted by Gasteiger charge is 2.06. The molecule has 0 bridgehead atoms. The Bertz CT molecular complexity index is 1010. The van der Waals surface area contributed by atoms with E-state index in [9.17, 15) is 14.0 Å². The molecule has 6 nitrogen and oxygen atoms in total. The average molecular weight is 644 g/mol. The molecule has 0 heterocycles. The number of rotatable bonds is 15. The largest absolute Gasteiger partial charge is 0.428 e. The third-order valence-electron chi connectivity index (χ3n) is 6.37. The van der Waals surface area contributed by atoms with Crippen molar-refractivity contribution in [1.29, 1.82) is 5.26 Å². The Morgan fingerprint density at radius 1 is 0.935 bits per heavy atom. The normalized spacial score (nSPS) is 10.3. The molecule has 0 fully saturated rings. The quantitative estimate of drug-likeness (QED) is 0.0903. The minimum absolute atomic E-state index is 0.101. The molecule has 2 unspecified atom stereocenters. The number of nitrogens with zero attached hydrogens (tertiary/aromatic N) is 1. The predicted molar refractivity (Wildman–Crippen MR) is 196 cm³/mol. The number of nitrogens with one attached hydrogen (secondary N) is 1. The maximum atomic E-state index is 13.5. The number of amides is 1. The van der Waals surface area contributed by atoms with Crippen LogP contribution in [-0.4, -0.2) is 39.4 Å². The van der Waals surface area contributed by atoms with E-state index in [1.165, 1.54) is 44.5 Å². The first kappa shape index (κ1) is 49.7. The number of aryl methyl sites for hydroxylation is 2. The predicted octanol–water partition coefficient (Wildman–Crippen LogP) is 10.5. The van der Waals surface area contributed by atoms with Gasteiger partial charge in [0.25, 0.3) is 6.47 Å². The maximum Gasteiger partial charge on any atom is 0.298 e. The first-order chi connectivity index (χ1) is 22.1. The molecule has 0 aliphatic rings. The number of carbonyl (C=O) groups excluding carboxylic acids is 2. The fraction of sp³-hybridized carbons (Fsp3) is 0.605. The van der Waals surface area contributed by atoms with Gasteiger partial charge in [0, 0.05) is 12.7 Å². The summed E-state index contributed by atoms with van der Waals surface area (Å²) in [4.78, 5) is 19.6. The average Bonchev–Trinajstić information content (AvgIpc) is 3.08. The Morgan fingerprint density at radius 2 is 1.52 bits per heavy atom. The summed E-state index contributed by atoms with van der Waals surface area (Å²) < 4.78 is 23.8. The van der Waals surface area contributed by atoms with Crippen LogP contribution in [0.15, 0.2) is 36.4 Å². The third kappa shape index (κ3) is 29.5. The summed E-state index contributed by atoms with van der Waals surface area (Å²) in [6, 6.07) is 12.2. The van der Waals surface area contributed by atoms with E-state index in [2.05, 4.69) is 54.1 Å². The van der Waals surface area contributed by atoms with Gasteiger partial charge in [-0.05, 0) is 74.1 Å². The second-order valence-corrected chi connectivity index (χ2v) is 10.0. The van der Waals surface area contributed by atoms with E-state index < -0.39 is 0 Å². The van der Waals surface area contributed by atoms with Gasteiger partial charge in [0.05, 0.1) is 6.07 Å². The number of hydrogen-bond acceptors (Lipinski definition) is 5. The van der Waals surface area contributed by atoms with Crippen LogP contribution in [0.2, 0.25) is 12.6 Å². The van der Waals surface area contributed by atoms with Gasteiger partial charge in [0.2, 0.25) is 6.41 Å². The Kier molecular flexibility index (Phi) is 41.1. The first-order valence-electron chi connectivity index (χ1n) is 17.1. The van der Waals surface area contributed by atoms with Crippen molar-refractivity contribution in [2.45, 2.75) is 134 Å². The Labute approximate surface area is 283 Å². The second kappa shape index (κ2) is 38.0. The molecule has 0 saturated heterocycles. The van der Waals surface area contributed by atoms with Crippen molar-refractivity contribution in [1.82, 2.24) is 5.32 Å². The van der Waals surface area contributed by atoms with Gasteiger partial charge in [0.1, 0.15) is 25.4 Å².